The van der Waals surface area contributed by atoms with Crippen LogP contribution < -0.4 is 15.0 Å². The van der Waals surface area contributed by atoms with Crippen molar-refractivity contribution in [3.63, 3.8) is 0 Å². The average Bonchev–Trinajstić information content (AvgIpc) is 2.69. The monoisotopic (exact) mass is 339 g/mol. The number of hydrogen-bond acceptors (Lipinski definition) is 3. The molecule has 0 spiro atoms. The van der Waals surface area contributed by atoms with Crippen molar-refractivity contribution < 1.29 is 9.53 Å². The lowest BCUT2D eigenvalue weighted by atomic mass is 10.1. The molecule has 1 aliphatic rings. The van der Waals surface area contributed by atoms with E-state index in [2.05, 4.69) is 22.3 Å². The van der Waals surface area contributed by atoms with Gasteiger partial charge in [0.1, 0.15) is 5.75 Å². The normalized spacial score (nSPS) is 15.6. The Kier molecular flexibility index (Phi) is 5.43. The smallest absolute Gasteiger partial charge is 0.317 e. The molecule has 3 rings (SSSR count). The number of amides is 2. The van der Waals surface area contributed by atoms with E-state index in [1.165, 1.54) is 5.69 Å². The second-order valence-corrected chi connectivity index (χ2v) is 6.25. The van der Waals surface area contributed by atoms with Gasteiger partial charge in [0.25, 0.3) is 0 Å². The van der Waals surface area contributed by atoms with Crippen molar-refractivity contribution in [2.24, 2.45) is 0 Å². The first-order valence-electron chi connectivity index (χ1n) is 8.67. The van der Waals surface area contributed by atoms with E-state index in [1.54, 1.807) is 7.11 Å². The molecule has 0 aliphatic carbocycles. The third-order valence-electron chi connectivity index (χ3n) is 4.64. The van der Waals surface area contributed by atoms with Crippen molar-refractivity contribution in [2.45, 2.75) is 13.0 Å². The van der Waals surface area contributed by atoms with E-state index >= 15 is 0 Å². The highest BCUT2D eigenvalue weighted by Crippen LogP contribution is 2.20. The molecule has 1 aliphatic heterocycles. The molecular weight excluding hydrogens is 314 g/mol. The van der Waals surface area contributed by atoms with Gasteiger partial charge in [0, 0.05) is 31.9 Å². The van der Waals surface area contributed by atoms with Gasteiger partial charge < -0.3 is 19.9 Å². The summed E-state index contributed by atoms with van der Waals surface area (Å²) in [4.78, 5) is 16.7. The quantitative estimate of drug-likeness (QED) is 0.930. The molecule has 2 amide bonds. The van der Waals surface area contributed by atoms with Crippen LogP contribution in [-0.4, -0.2) is 44.2 Å². The molecule has 1 atom stereocenters. The third kappa shape index (κ3) is 4.24. The van der Waals surface area contributed by atoms with Crippen molar-refractivity contribution in [1.29, 1.82) is 0 Å². The number of methoxy groups -OCH3 is 1. The lowest BCUT2D eigenvalue weighted by Gasteiger charge is -2.36. The SMILES string of the molecule is COc1ccc(N2CCN(C(=O)NC(C)c3ccccc3)CC2)cc1. The summed E-state index contributed by atoms with van der Waals surface area (Å²) in [7, 11) is 1.67. The Morgan fingerprint density at radius 3 is 2.24 bits per heavy atom. The van der Waals surface area contributed by atoms with E-state index < -0.39 is 0 Å². The van der Waals surface area contributed by atoms with E-state index in [-0.39, 0.29) is 12.1 Å². The lowest BCUT2D eigenvalue weighted by Crippen LogP contribution is -2.52. The Balaban J connectivity index is 1.52. The van der Waals surface area contributed by atoms with Crippen LogP contribution in [0.15, 0.2) is 54.6 Å². The van der Waals surface area contributed by atoms with E-state index in [0.717, 1.165) is 37.5 Å². The van der Waals surface area contributed by atoms with Crippen LogP contribution in [0.3, 0.4) is 0 Å². The Hall–Kier alpha value is -2.69. The van der Waals surface area contributed by atoms with Gasteiger partial charge in [-0.05, 0) is 36.8 Å². The van der Waals surface area contributed by atoms with Crippen LogP contribution in [0.25, 0.3) is 0 Å². The molecule has 0 saturated carbocycles. The highest BCUT2D eigenvalue weighted by atomic mass is 16.5. The first-order chi connectivity index (χ1) is 12.2. The highest BCUT2D eigenvalue weighted by molar-refractivity contribution is 5.75. The summed E-state index contributed by atoms with van der Waals surface area (Å²) in [6.07, 6.45) is 0. The average molecular weight is 339 g/mol. The van der Waals surface area contributed by atoms with Crippen LogP contribution >= 0.6 is 0 Å². The second kappa shape index (κ2) is 7.92. The van der Waals surface area contributed by atoms with Crippen LogP contribution in [0.5, 0.6) is 5.75 Å². The number of anilines is 1. The van der Waals surface area contributed by atoms with Gasteiger partial charge in [-0.2, -0.15) is 0 Å². The van der Waals surface area contributed by atoms with Gasteiger partial charge >= 0.3 is 6.03 Å². The number of hydrogen-bond donors (Lipinski definition) is 1. The fourth-order valence-electron chi connectivity index (χ4n) is 3.06. The molecule has 0 radical (unpaired) electrons. The van der Waals surface area contributed by atoms with Crippen molar-refractivity contribution >= 4 is 11.7 Å². The zero-order chi connectivity index (χ0) is 17.6. The Labute approximate surface area is 149 Å². The van der Waals surface area contributed by atoms with Gasteiger partial charge in [-0.1, -0.05) is 30.3 Å². The van der Waals surface area contributed by atoms with Crippen molar-refractivity contribution in [3.8, 4) is 5.75 Å². The minimum Gasteiger partial charge on any atom is -0.497 e. The maximum Gasteiger partial charge on any atom is 0.317 e. The number of ether oxygens (including phenoxy) is 1. The largest absolute Gasteiger partial charge is 0.497 e. The maximum absolute atomic E-state index is 12.5. The number of benzene rings is 2. The Morgan fingerprint density at radius 2 is 1.64 bits per heavy atom. The summed E-state index contributed by atoms with van der Waals surface area (Å²) in [5.74, 6) is 0.858. The number of carbonyl (C=O) groups is 1. The first kappa shape index (κ1) is 17.1. The fourth-order valence-corrected chi connectivity index (χ4v) is 3.06. The minimum atomic E-state index is 0.00531. The van der Waals surface area contributed by atoms with Crippen LogP contribution in [0, 0.1) is 0 Å². The zero-order valence-corrected chi connectivity index (χ0v) is 14.8. The Bertz CT molecular complexity index is 680. The van der Waals surface area contributed by atoms with Gasteiger partial charge in [0.2, 0.25) is 0 Å². The molecule has 1 unspecified atom stereocenters. The van der Waals surface area contributed by atoms with Gasteiger partial charge in [-0.15, -0.1) is 0 Å². The van der Waals surface area contributed by atoms with Crippen LogP contribution in [-0.2, 0) is 0 Å². The molecular formula is C20H25N3O2. The van der Waals surface area contributed by atoms with Gasteiger partial charge in [-0.25, -0.2) is 4.79 Å². The van der Waals surface area contributed by atoms with E-state index in [9.17, 15) is 4.79 Å². The summed E-state index contributed by atoms with van der Waals surface area (Å²) < 4.78 is 5.20. The topological polar surface area (TPSA) is 44.8 Å². The standard InChI is InChI=1S/C20H25N3O2/c1-16(17-6-4-3-5-7-17)21-20(24)23-14-12-22(13-15-23)18-8-10-19(25-2)11-9-18/h3-11,16H,12-15H2,1-2H3,(H,21,24). The molecule has 2 aromatic rings. The number of rotatable bonds is 4. The molecule has 5 nitrogen and oxygen atoms in total. The fraction of sp³-hybridized carbons (Fsp3) is 0.350. The predicted octanol–water partition coefficient (Wildman–Crippen LogP) is 3.29. The first-order valence-corrected chi connectivity index (χ1v) is 8.67. The van der Waals surface area contributed by atoms with Gasteiger partial charge in [0.05, 0.1) is 13.2 Å². The summed E-state index contributed by atoms with van der Waals surface area (Å²) in [5.41, 5.74) is 2.28. The third-order valence-corrected chi connectivity index (χ3v) is 4.64. The van der Waals surface area contributed by atoms with Crippen LogP contribution in [0.2, 0.25) is 0 Å². The lowest BCUT2D eigenvalue weighted by molar-refractivity contribution is 0.191. The summed E-state index contributed by atoms with van der Waals surface area (Å²) >= 11 is 0. The number of nitrogens with zero attached hydrogens (tertiary/aromatic N) is 2. The molecule has 1 saturated heterocycles. The number of urea groups is 1. The summed E-state index contributed by atoms with van der Waals surface area (Å²) in [6.45, 7) is 5.12. The Morgan fingerprint density at radius 1 is 1.00 bits per heavy atom. The van der Waals surface area contributed by atoms with Crippen LogP contribution in [0.4, 0.5) is 10.5 Å². The van der Waals surface area contributed by atoms with Gasteiger partial charge in [0.15, 0.2) is 0 Å². The predicted molar refractivity (Wildman–Crippen MR) is 100 cm³/mol. The molecule has 25 heavy (non-hydrogen) atoms. The molecule has 1 N–H and O–H groups in total. The zero-order valence-electron chi connectivity index (χ0n) is 14.8. The van der Waals surface area contributed by atoms with Gasteiger partial charge in [-0.3, -0.25) is 0 Å². The molecule has 0 aromatic heterocycles. The number of piperazine rings is 1. The molecule has 132 valence electrons. The highest BCUT2D eigenvalue weighted by Gasteiger charge is 2.22. The van der Waals surface area contributed by atoms with Crippen molar-refractivity contribution in [1.82, 2.24) is 10.2 Å². The van der Waals surface area contributed by atoms with Crippen molar-refractivity contribution in [3.05, 3.63) is 60.2 Å². The molecule has 1 heterocycles. The summed E-state index contributed by atoms with van der Waals surface area (Å²) in [6, 6.07) is 18.1. The number of nitrogens with one attached hydrogen (secondary N) is 1. The molecule has 0 bridgehead atoms. The van der Waals surface area contributed by atoms with E-state index in [4.69, 9.17) is 4.74 Å². The van der Waals surface area contributed by atoms with Crippen molar-refractivity contribution in [2.75, 3.05) is 38.2 Å². The maximum atomic E-state index is 12.5. The molecule has 5 heteroatoms. The second-order valence-electron chi connectivity index (χ2n) is 6.25. The van der Waals surface area contributed by atoms with E-state index in [0.29, 0.717) is 0 Å². The van der Waals surface area contributed by atoms with E-state index in [1.807, 2.05) is 54.3 Å². The number of carbonyl (C=O) groups excluding carboxylic acids is 1. The molecule has 1 fully saturated rings. The molecule has 2 aromatic carbocycles. The minimum absolute atomic E-state index is 0.00531. The van der Waals surface area contributed by atoms with Crippen LogP contribution in [0.1, 0.15) is 18.5 Å². The summed E-state index contributed by atoms with van der Waals surface area (Å²) in [5, 5.41) is 3.09.